The average Bonchev–Trinajstić information content (AvgIpc) is 3.14. The zero-order chi connectivity index (χ0) is 18.0. The van der Waals surface area contributed by atoms with Crippen molar-refractivity contribution in [2.75, 3.05) is 13.2 Å². The summed E-state index contributed by atoms with van der Waals surface area (Å²) in [6.45, 7) is 2.57. The Labute approximate surface area is 143 Å². The SMILES string of the molecule is CCC(=O)c1c(-c2ccc(C3OCCO3)cc2)cccc1C(F)(F)F. The summed E-state index contributed by atoms with van der Waals surface area (Å²) in [7, 11) is 0. The fourth-order valence-electron chi connectivity index (χ4n) is 2.88. The van der Waals surface area contributed by atoms with Crippen LogP contribution in [0.25, 0.3) is 11.1 Å². The van der Waals surface area contributed by atoms with Gasteiger partial charge in [0.1, 0.15) is 0 Å². The third kappa shape index (κ3) is 3.60. The largest absolute Gasteiger partial charge is 0.417 e. The van der Waals surface area contributed by atoms with Gasteiger partial charge in [-0.25, -0.2) is 0 Å². The van der Waals surface area contributed by atoms with E-state index >= 15 is 0 Å². The second-order valence-electron chi connectivity index (χ2n) is 5.70. The smallest absolute Gasteiger partial charge is 0.346 e. The number of rotatable bonds is 4. The second-order valence-corrected chi connectivity index (χ2v) is 5.70. The normalized spacial score (nSPS) is 15.5. The molecule has 6 heteroatoms. The highest BCUT2D eigenvalue weighted by atomic mass is 19.4. The number of carbonyl (C=O) groups is 1. The van der Waals surface area contributed by atoms with Gasteiger partial charge < -0.3 is 9.47 Å². The Morgan fingerprint density at radius 2 is 1.72 bits per heavy atom. The Morgan fingerprint density at radius 3 is 2.28 bits per heavy atom. The Kier molecular flexibility index (Phi) is 4.92. The first-order valence-corrected chi connectivity index (χ1v) is 7.98. The number of halogens is 3. The van der Waals surface area contributed by atoms with Gasteiger partial charge in [-0.1, -0.05) is 43.3 Å². The minimum Gasteiger partial charge on any atom is -0.346 e. The Bertz CT molecular complexity index is 760. The molecule has 3 nitrogen and oxygen atoms in total. The topological polar surface area (TPSA) is 35.5 Å². The van der Waals surface area contributed by atoms with Crippen LogP contribution in [-0.2, 0) is 15.7 Å². The van der Waals surface area contributed by atoms with E-state index in [1.54, 1.807) is 31.2 Å². The first-order valence-electron chi connectivity index (χ1n) is 7.98. The van der Waals surface area contributed by atoms with Crippen molar-refractivity contribution in [2.45, 2.75) is 25.8 Å². The molecule has 132 valence electrons. The Balaban J connectivity index is 2.05. The Morgan fingerprint density at radius 1 is 1.08 bits per heavy atom. The molecule has 0 atom stereocenters. The van der Waals surface area contributed by atoms with Crippen LogP contribution in [0.15, 0.2) is 42.5 Å². The van der Waals surface area contributed by atoms with Crippen molar-refractivity contribution in [3.05, 3.63) is 59.2 Å². The lowest BCUT2D eigenvalue weighted by molar-refractivity contribution is -0.137. The molecule has 1 heterocycles. The molecule has 1 fully saturated rings. The van der Waals surface area contributed by atoms with E-state index in [1.165, 1.54) is 12.1 Å². The molecule has 0 bridgehead atoms. The predicted octanol–water partition coefficient (Wildman–Crippen LogP) is 5.01. The van der Waals surface area contributed by atoms with E-state index in [1.807, 2.05) is 0 Å². The lowest BCUT2D eigenvalue weighted by atomic mass is 9.91. The van der Waals surface area contributed by atoms with Gasteiger partial charge in [-0.2, -0.15) is 13.2 Å². The number of Topliss-reactive ketones (excluding diaryl/α,β-unsaturated/α-hetero) is 1. The van der Waals surface area contributed by atoms with Crippen LogP contribution in [0.4, 0.5) is 13.2 Å². The first-order chi connectivity index (χ1) is 11.9. The Hall–Kier alpha value is -2.18. The van der Waals surface area contributed by atoms with E-state index in [0.29, 0.717) is 18.8 Å². The molecule has 0 N–H and O–H groups in total. The molecule has 1 saturated heterocycles. The molecule has 25 heavy (non-hydrogen) atoms. The van der Waals surface area contributed by atoms with Crippen LogP contribution in [0.5, 0.6) is 0 Å². The van der Waals surface area contributed by atoms with Gasteiger partial charge >= 0.3 is 6.18 Å². The number of hydrogen-bond donors (Lipinski definition) is 0. The van der Waals surface area contributed by atoms with Crippen LogP contribution >= 0.6 is 0 Å². The highest BCUT2D eigenvalue weighted by Crippen LogP contribution is 2.37. The minimum atomic E-state index is -4.58. The molecule has 2 aromatic rings. The fourth-order valence-corrected chi connectivity index (χ4v) is 2.88. The average molecular weight is 350 g/mol. The van der Waals surface area contributed by atoms with Crippen LogP contribution < -0.4 is 0 Å². The van der Waals surface area contributed by atoms with Gasteiger partial charge in [0.2, 0.25) is 0 Å². The predicted molar refractivity (Wildman–Crippen MR) is 86.1 cm³/mol. The second kappa shape index (κ2) is 6.98. The van der Waals surface area contributed by atoms with E-state index in [4.69, 9.17) is 9.47 Å². The van der Waals surface area contributed by atoms with Crippen LogP contribution in [0.2, 0.25) is 0 Å². The highest BCUT2D eigenvalue weighted by Gasteiger charge is 2.36. The van der Waals surface area contributed by atoms with Gasteiger partial charge in [0, 0.05) is 17.5 Å². The third-order valence-corrected chi connectivity index (χ3v) is 4.09. The quantitative estimate of drug-likeness (QED) is 0.727. The summed E-state index contributed by atoms with van der Waals surface area (Å²) in [4.78, 5) is 12.2. The number of hydrogen-bond acceptors (Lipinski definition) is 3. The summed E-state index contributed by atoms with van der Waals surface area (Å²) >= 11 is 0. The van der Waals surface area contributed by atoms with Gasteiger partial charge in [0.25, 0.3) is 0 Å². The van der Waals surface area contributed by atoms with Crippen molar-refractivity contribution in [3.63, 3.8) is 0 Å². The molecule has 0 aliphatic carbocycles. The van der Waals surface area contributed by atoms with Gasteiger partial charge in [0.05, 0.1) is 18.8 Å². The number of carbonyl (C=O) groups excluding carboxylic acids is 1. The van der Waals surface area contributed by atoms with E-state index in [-0.39, 0.29) is 17.5 Å². The van der Waals surface area contributed by atoms with E-state index in [9.17, 15) is 18.0 Å². The van der Waals surface area contributed by atoms with Gasteiger partial charge in [-0.05, 0) is 17.2 Å². The third-order valence-electron chi connectivity index (χ3n) is 4.09. The van der Waals surface area contributed by atoms with Crippen molar-refractivity contribution in [1.82, 2.24) is 0 Å². The molecule has 1 aliphatic heterocycles. The molecule has 0 saturated carbocycles. The maximum atomic E-state index is 13.3. The summed E-state index contributed by atoms with van der Waals surface area (Å²) in [5.41, 5.74) is 0.435. The molecule has 0 unspecified atom stereocenters. The monoisotopic (exact) mass is 350 g/mol. The zero-order valence-electron chi connectivity index (χ0n) is 13.6. The molecule has 0 radical (unpaired) electrons. The maximum Gasteiger partial charge on any atom is 0.417 e. The van der Waals surface area contributed by atoms with Crippen LogP contribution in [0.1, 0.15) is 41.1 Å². The molecule has 0 amide bonds. The van der Waals surface area contributed by atoms with Crippen LogP contribution in [-0.4, -0.2) is 19.0 Å². The summed E-state index contributed by atoms with van der Waals surface area (Å²) in [5, 5.41) is 0. The standard InChI is InChI=1S/C19H17F3O3/c1-2-16(23)17-14(4-3-5-15(17)19(20,21)22)12-6-8-13(9-7-12)18-24-10-11-25-18/h3-9,18H,2,10-11H2,1H3. The maximum absolute atomic E-state index is 13.3. The van der Waals surface area contributed by atoms with Crippen molar-refractivity contribution in [1.29, 1.82) is 0 Å². The first kappa shape index (κ1) is 17.6. The van der Waals surface area contributed by atoms with Crippen LogP contribution in [0, 0.1) is 0 Å². The van der Waals surface area contributed by atoms with Crippen molar-refractivity contribution in [2.24, 2.45) is 0 Å². The fraction of sp³-hybridized carbons (Fsp3) is 0.316. The summed E-state index contributed by atoms with van der Waals surface area (Å²) in [6, 6.07) is 10.7. The van der Waals surface area contributed by atoms with Gasteiger partial charge in [0.15, 0.2) is 12.1 Å². The number of benzene rings is 2. The van der Waals surface area contributed by atoms with Crippen molar-refractivity contribution in [3.8, 4) is 11.1 Å². The number of ether oxygens (including phenoxy) is 2. The molecular formula is C19H17F3O3. The molecule has 1 aliphatic rings. The summed E-state index contributed by atoms with van der Waals surface area (Å²) in [6.07, 6.45) is -5.03. The van der Waals surface area contributed by atoms with E-state index in [0.717, 1.165) is 11.6 Å². The summed E-state index contributed by atoms with van der Waals surface area (Å²) in [5.74, 6) is -0.533. The highest BCUT2D eigenvalue weighted by molar-refractivity contribution is 6.03. The zero-order valence-corrected chi connectivity index (χ0v) is 13.6. The van der Waals surface area contributed by atoms with Crippen molar-refractivity contribution < 1.29 is 27.4 Å². The molecule has 3 rings (SSSR count). The molecule has 0 aromatic heterocycles. The molecular weight excluding hydrogens is 333 g/mol. The van der Waals surface area contributed by atoms with Crippen molar-refractivity contribution >= 4 is 5.78 Å². The summed E-state index contributed by atoms with van der Waals surface area (Å²) < 4.78 is 50.8. The lowest BCUT2D eigenvalue weighted by Gasteiger charge is -2.16. The van der Waals surface area contributed by atoms with Gasteiger partial charge in [-0.15, -0.1) is 0 Å². The lowest BCUT2D eigenvalue weighted by Crippen LogP contribution is -2.14. The molecule has 0 spiro atoms. The van der Waals surface area contributed by atoms with Crippen LogP contribution in [0.3, 0.4) is 0 Å². The molecule has 2 aromatic carbocycles. The minimum absolute atomic E-state index is 0.00192. The number of ketones is 1. The van der Waals surface area contributed by atoms with Gasteiger partial charge in [-0.3, -0.25) is 4.79 Å². The number of alkyl halides is 3. The van der Waals surface area contributed by atoms with E-state index < -0.39 is 23.8 Å². The van der Waals surface area contributed by atoms with E-state index in [2.05, 4.69) is 0 Å².